The lowest BCUT2D eigenvalue weighted by Gasteiger charge is -2.23. The standard InChI is InChI=1S/C23H22FN3/c24-20-8-10-21(11-9-20)27-23-7-3-6-17(22(23)14-25-27)12-13-26-15-18-4-1-2-5-19(18)16-26/h1-2,4-5,8-11,14-17H,3,6-7,12-13H2. The lowest BCUT2D eigenvalue weighted by molar-refractivity contribution is 0.478. The van der Waals surface area contributed by atoms with E-state index in [0.717, 1.165) is 25.1 Å². The maximum atomic E-state index is 13.2. The second kappa shape index (κ2) is 6.69. The first-order valence-corrected chi connectivity index (χ1v) is 9.65. The number of benzene rings is 2. The van der Waals surface area contributed by atoms with Crippen LogP contribution in [0.4, 0.5) is 4.39 Å². The van der Waals surface area contributed by atoms with Crippen LogP contribution >= 0.6 is 0 Å². The van der Waals surface area contributed by atoms with Gasteiger partial charge in [0, 0.05) is 24.6 Å². The average molecular weight is 359 g/mol. The van der Waals surface area contributed by atoms with Crippen LogP contribution in [0.3, 0.4) is 0 Å². The number of nitrogens with zero attached hydrogens (tertiary/aromatic N) is 3. The van der Waals surface area contributed by atoms with Crippen molar-refractivity contribution >= 4 is 10.8 Å². The zero-order valence-corrected chi connectivity index (χ0v) is 15.2. The van der Waals surface area contributed by atoms with Gasteiger partial charge < -0.3 is 4.57 Å². The molecule has 0 spiro atoms. The van der Waals surface area contributed by atoms with E-state index >= 15 is 0 Å². The SMILES string of the molecule is Fc1ccc(-n2ncc3c2CCCC3CCn2cc3ccccc3c2)cc1. The highest BCUT2D eigenvalue weighted by atomic mass is 19.1. The zero-order chi connectivity index (χ0) is 18.2. The Kier molecular flexibility index (Phi) is 4.04. The Morgan fingerprint density at radius 1 is 1.00 bits per heavy atom. The van der Waals surface area contributed by atoms with Gasteiger partial charge in [0.05, 0.1) is 11.9 Å². The largest absolute Gasteiger partial charge is 0.353 e. The highest BCUT2D eigenvalue weighted by molar-refractivity contribution is 5.82. The summed E-state index contributed by atoms with van der Waals surface area (Å²) in [7, 11) is 0. The minimum absolute atomic E-state index is 0.211. The van der Waals surface area contributed by atoms with E-state index in [9.17, 15) is 4.39 Å². The molecule has 1 aliphatic rings. The molecule has 0 saturated heterocycles. The van der Waals surface area contributed by atoms with E-state index < -0.39 is 0 Å². The first kappa shape index (κ1) is 16.3. The van der Waals surface area contributed by atoms with Crippen LogP contribution in [0.2, 0.25) is 0 Å². The van der Waals surface area contributed by atoms with Gasteiger partial charge in [-0.1, -0.05) is 24.3 Å². The normalized spacial score (nSPS) is 16.6. The fraction of sp³-hybridized carbons (Fsp3) is 0.261. The summed E-state index contributed by atoms with van der Waals surface area (Å²) in [6, 6.07) is 15.1. The lowest BCUT2D eigenvalue weighted by atomic mass is 9.85. The number of hydrogen-bond acceptors (Lipinski definition) is 1. The third-order valence-corrected chi connectivity index (χ3v) is 5.72. The summed E-state index contributed by atoms with van der Waals surface area (Å²) in [4.78, 5) is 0. The molecule has 0 saturated carbocycles. The van der Waals surface area contributed by atoms with Crippen LogP contribution < -0.4 is 0 Å². The molecular formula is C23H22FN3. The fourth-order valence-corrected chi connectivity index (χ4v) is 4.33. The van der Waals surface area contributed by atoms with Crippen molar-refractivity contribution in [2.45, 2.75) is 38.1 Å². The second-order valence-electron chi connectivity index (χ2n) is 7.44. The molecule has 2 aromatic carbocycles. The van der Waals surface area contributed by atoms with Gasteiger partial charge in [-0.2, -0.15) is 5.10 Å². The molecule has 4 heteroatoms. The second-order valence-corrected chi connectivity index (χ2v) is 7.44. The van der Waals surface area contributed by atoms with Crippen molar-refractivity contribution in [1.29, 1.82) is 0 Å². The Labute approximate surface area is 158 Å². The highest BCUT2D eigenvalue weighted by Gasteiger charge is 2.24. The molecule has 2 aromatic heterocycles. The molecule has 0 N–H and O–H groups in total. The smallest absolute Gasteiger partial charge is 0.123 e. The van der Waals surface area contributed by atoms with Gasteiger partial charge in [-0.15, -0.1) is 0 Å². The zero-order valence-electron chi connectivity index (χ0n) is 15.2. The molecule has 0 aliphatic heterocycles. The number of rotatable bonds is 4. The van der Waals surface area contributed by atoms with Gasteiger partial charge in [0.1, 0.15) is 5.82 Å². The first-order chi connectivity index (χ1) is 13.3. The summed E-state index contributed by atoms with van der Waals surface area (Å²) >= 11 is 0. The van der Waals surface area contributed by atoms with E-state index in [2.05, 4.69) is 46.3 Å². The number of aryl methyl sites for hydroxylation is 1. The number of fused-ring (bicyclic) bond motifs is 2. The van der Waals surface area contributed by atoms with Gasteiger partial charge >= 0.3 is 0 Å². The van der Waals surface area contributed by atoms with Gasteiger partial charge in [-0.3, -0.25) is 0 Å². The van der Waals surface area contributed by atoms with Crippen molar-refractivity contribution in [1.82, 2.24) is 14.3 Å². The molecule has 1 aliphatic carbocycles. The Morgan fingerprint density at radius 2 is 1.74 bits per heavy atom. The Bertz CT molecular complexity index is 1040. The topological polar surface area (TPSA) is 22.8 Å². The molecule has 0 radical (unpaired) electrons. The molecule has 27 heavy (non-hydrogen) atoms. The van der Waals surface area contributed by atoms with Crippen molar-refractivity contribution < 1.29 is 4.39 Å². The number of aromatic nitrogens is 3. The van der Waals surface area contributed by atoms with Gasteiger partial charge in [0.25, 0.3) is 0 Å². The predicted molar refractivity (Wildman–Crippen MR) is 106 cm³/mol. The van der Waals surface area contributed by atoms with Crippen LogP contribution in [0.5, 0.6) is 0 Å². The van der Waals surface area contributed by atoms with Crippen molar-refractivity contribution in [2.75, 3.05) is 0 Å². The molecule has 4 aromatic rings. The molecule has 0 bridgehead atoms. The van der Waals surface area contributed by atoms with Crippen molar-refractivity contribution in [3.8, 4) is 5.69 Å². The Balaban J connectivity index is 1.37. The van der Waals surface area contributed by atoms with Gasteiger partial charge in [0.15, 0.2) is 0 Å². The number of halogens is 1. The van der Waals surface area contributed by atoms with E-state index in [1.807, 2.05) is 10.9 Å². The van der Waals surface area contributed by atoms with Crippen molar-refractivity contribution in [3.63, 3.8) is 0 Å². The highest BCUT2D eigenvalue weighted by Crippen LogP contribution is 2.35. The van der Waals surface area contributed by atoms with Crippen molar-refractivity contribution in [3.05, 3.63) is 84.2 Å². The maximum Gasteiger partial charge on any atom is 0.123 e. The van der Waals surface area contributed by atoms with E-state index in [1.54, 1.807) is 12.1 Å². The van der Waals surface area contributed by atoms with E-state index in [4.69, 9.17) is 0 Å². The summed E-state index contributed by atoms with van der Waals surface area (Å²) in [5.41, 5.74) is 3.59. The third-order valence-electron chi connectivity index (χ3n) is 5.72. The molecule has 1 unspecified atom stereocenters. The Hall–Kier alpha value is -2.88. The average Bonchev–Trinajstić information content (AvgIpc) is 3.31. The van der Waals surface area contributed by atoms with Crippen LogP contribution in [-0.4, -0.2) is 14.3 Å². The lowest BCUT2D eigenvalue weighted by Crippen LogP contribution is -2.13. The van der Waals surface area contributed by atoms with Crippen LogP contribution in [0, 0.1) is 5.82 Å². The molecule has 0 amide bonds. The van der Waals surface area contributed by atoms with Crippen LogP contribution in [0.15, 0.2) is 67.1 Å². The molecule has 2 heterocycles. The molecular weight excluding hydrogens is 337 g/mol. The quantitative estimate of drug-likeness (QED) is 0.473. The summed E-state index contributed by atoms with van der Waals surface area (Å²) in [6.45, 7) is 1.01. The minimum Gasteiger partial charge on any atom is -0.353 e. The predicted octanol–water partition coefficient (Wildman–Crippen LogP) is 5.48. The van der Waals surface area contributed by atoms with Crippen LogP contribution in [-0.2, 0) is 13.0 Å². The summed E-state index contributed by atoms with van der Waals surface area (Å²) in [5, 5.41) is 7.22. The van der Waals surface area contributed by atoms with Gasteiger partial charge in [0.2, 0.25) is 0 Å². The van der Waals surface area contributed by atoms with E-state index in [-0.39, 0.29) is 5.82 Å². The molecule has 5 rings (SSSR count). The first-order valence-electron chi connectivity index (χ1n) is 9.65. The van der Waals surface area contributed by atoms with E-state index in [1.165, 1.54) is 47.0 Å². The maximum absolute atomic E-state index is 13.2. The molecule has 1 atom stereocenters. The van der Waals surface area contributed by atoms with Gasteiger partial charge in [-0.25, -0.2) is 9.07 Å². The number of hydrogen-bond donors (Lipinski definition) is 0. The van der Waals surface area contributed by atoms with Crippen molar-refractivity contribution in [2.24, 2.45) is 0 Å². The van der Waals surface area contributed by atoms with E-state index in [0.29, 0.717) is 5.92 Å². The summed E-state index contributed by atoms with van der Waals surface area (Å²) < 4.78 is 17.5. The molecule has 3 nitrogen and oxygen atoms in total. The Morgan fingerprint density at radius 3 is 2.48 bits per heavy atom. The summed E-state index contributed by atoms with van der Waals surface area (Å²) in [5.74, 6) is 0.324. The van der Waals surface area contributed by atoms with Gasteiger partial charge in [-0.05, 0) is 72.2 Å². The minimum atomic E-state index is -0.211. The monoisotopic (exact) mass is 359 g/mol. The molecule has 0 fully saturated rings. The molecule has 136 valence electrons. The van der Waals surface area contributed by atoms with Crippen LogP contribution in [0.1, 0.15) is 36.4 Å². The van der Waals surface area contributed by atoms with Crippen LogP contribution in [0.25, 0.3) is 16.5 Å². The third kappa shape index (κ3) is 3.05. The summed E-state index contributed by atoms with van der Waals surface area (Å²) in [6.07, 6.45) is 11.0. The fourth-order valence-electron chi connectivity index (χ4n) is 4.33.